The highest BCUT2D eigenvalue weighted by Gasteiger charge is 2.25. The zero-order valence-corrected chi connectivity index (χ0v) is 15.9. The first kappa shape index (κ1) is 18.4. The second-order valence-corrected chi connectivity index (χ2v) is 8.21. The lowest BCUT2D eigenvalue weighted by Gasteiger charge is -2.13. The van der Waals surface area contributed by atoms with Gasteiger partial charge >= 0.3 is 0 Å². The summed E-state index contributed by atoms with van der Waals surface area (Å²) in [6, 6.07) is 12.4. The van der Waals surface area contributed by atoms with Crippen LogP contribution >= 0.6 is 0 Å². The van der Waals surface area contributed by atoms with Gasteiger partial charge in [0.1, 0.15) is 0 Å². The molecule has 0 bridgehead atoms. The van der Waals surface area contributed by atoms with Crippen LogP contribution in [0.2, 0.25) is 0 Å². The number of aliphatic hydroxyl groups excluding tert-OH is 1. The Morgan fingerprint density at radius 3 is 2.38 bits per heavy atom. The van der Waals surface area contributed by atoms with Gasteiger partial charge < -0.3 is 9.67 Å². The fourth-order valence-corrected chi connectivity index (χ4v) is 4.42. The Hall–Kier alpha value is -2.44. The quantitative estimate of drug-likeness (QED) is 0.749. The Bertz CT molecular complexity index is 1040. The summed E-state index contributed by atoms with van der Waals surface area (Å²) < 4.78 is 27.4. The molecule has 3 aromatic rings. The molecule has 0 spiro atoms. The second-order valence-electron chi connectivity index (χ2n) is 6.37. The summed E-state index contributed by atoms with van der Waals surface area (Å²) in [6.45, 7) is 4.07. The molecule has 0 radical (unpaired) electrons. The van der Waals surface area contributed by atoms with Gasteiger partial charge in [0.25, 0.3) is 0 Å². The van der Waals surface area contributed by atoms with Crippen LogP contribution in [0, 0.1) is 13.8 Å². The van der Waals surface area contributed by atoms with Crippen molar-refractivity contribution in [2.45, 2.75) is 30.3 Å². The van der Waals surface area contributed by atoms with E-state index in [2.05, 4.69) is 4.98 Å². The van der Waals surface area contributed by atoms with Crippen LogP contribution in [-0.2, 0) is 23.3 Å². The average molecular weight is 370 g/mol. The Balaban J connectivity index is 2.16. The number of aliphatic hydroxyl groups is 1. The maximum atomic E-state index is 12.9. The van der Waals surface area contributed by atoms with Crippen LogP contribution < -0.4 is 0 Å². The maximum Gasteiger partial charge on any atom is 0.240 e. The molecule has 0 saturated carbocycles. The van der Waals surface area contributed by atoms with Crippen molar-refractivity contribution in [1.82, 2.24) is 9.55 Å². The molecule has 0 unspecified atom stereocenters. The molecule has 1 heterocycles. The van der Waals surface area contributed by atoms with Gasteiger partial charge in [0.15, 0.2) is 0 Å². The summed E-state index contributed by atoms with van der Waals surface area (Å²) in [5, 5.41) is 9.39. The molecule has 1 aromatic heterocycles. The first-order valence-corrected chi connectivity index (χ1v) is 9.87. The molecule has 5 nitrogen and oxygen atoms in total. The fourth-order valence-electron chi connectivity index (χ4n) is 3.04. The molecular formula is C20H22N2O3S. The average Bonchev–Trinajstić information content (AvgIpc) is 3.01. The molecule has 6 heteroatoms. The molecule has 26 heavy (non-hydrogen) atoms. The fraction of sp³-hybridized carbons (Fsp3) is 0.250. The van der Waals surface area contributed by atoms with Crippen molar-refractivity contribution in [2.75, 3.05) is 6.61 Å². The zero-order chi connectivity index (χ0) is 18.9. The molecule has 0 saturated heterocycles. The van der Waals surface area contributed by atoms with E-state index >= 15 is 0 Å². The van der Waals surface area contributed by atoms with Crippen molar-refractivity contribution < 1.29 is 13.5 Å². The van der Waals surface area contributed by atoms with Crippen LogP contribution in [0.25, 0.3) is 11.3 Å². The third-order valence-corrected chi connectivity index (χ3v) is 6.37. The zero-order valence-electron chi connectivity index (χ0n) is 15.1. The van der Waals surface area contributed by atoms with E-state index in [1.165, 1.54) is 0 Å². The van der Waals surface area contributed by atoms with Crippen LogP contribution in [0.4, 0.5) is 0 Å². The molecule has 1 N–H and O–H groups in total. The molecule has 136 valence electrons. The van der Waals surface area contributed by atoms with E-state index in [1.54, 1.807) is 48.1 Å². The molecule has 0 amide bonds. The smallest absolute Gasteiger partial charge is 0.240 e. The molecule has 0 aliphatic carbocycles. The van der Waals surface area contributed by atoms with E-state index in [1.807, 2.05) is 26.0 Å². The third-order valence-electron chi connectivity index (χ3n) is 4.62. The monoisotopic (exact) mass is 370 g/mol. The summed E-state index contributed by atoms with van der Waals surface area (Å²) in [6.07, 6.45) is 2.09. The summed E-state index contributed by atoms with van der Waals surface area (Å²) in [7, 11) is -1.99. The molecule has 0 aliphatic rings. The minimum atomic E-state index is -3.70. The van der Waals surface area contributed by atoms with E-state index in [4.69, 9.17) is 0 Å². The first-order chi connectivity index (χ1) is 12.4. The van der Waals surface area contributed by atoms with Crippen molar-refractivity contribution >= 4 is 9.84 Å². The Morgan fingerprint density at radius 1 is 1.08 bits per heavy atom. The van der Waals surface area contributed by atoms with Gasteiger partial charge in [-0.3, -0.25) is 0 Å². The van der Waals surface area contributed by atoms with E-state index < -0.39 is 9.84 Å². The first-order valence-electron chi connectivity index (χ1n) is 8.39. The molecule has 0 fully saturated rings. The summed E-state index contributed by atoms with van der Waals surface area (Å²) in [4.78, 5) is 4.42. The summed E-state index contributed by atoms with van der Waals surface area (Å²) >= 11 is 0. The lowest BCUT2D eigenvalue weighted by molar-refractivity contribution is 0.299. The van der Waals surface area contributed by atoms with Crippen molar-refractivity contribution in [3.63, 3.8) is 0 Å². The number of sulfone groups is 1. The number of aryl methyl sites for hydroxylation is 2. The van der Waals surface area contributed by atoms with Gasteiger partial charge in [-0.05, 0) is 55.2 Å². The van der Waals surface area contributed by atoms with Gasteiger partial charge in [0, 0.05) is 19.2 Å². The molecule has 3 rings (SSSR count). The highest BCUT2D eigenvalue weighted by molar-refractivity contribution is 7.91. The van der Waals surface area contributed by atoms with Crippen LogP contribution in [0.5, 0.6) is 0 Å². The normalized spacial score (nSPS) is 11.7. The standard InChI is InChI=1S/C20H22N2O3S/c1-14-11-16(9-10-23)18(12-15(14)2)19-13-21-20(22(19)3)26(24,25)17-7-5-4-6-8-17/h4-8,11-13,23H,9-10H2,1-3H3. The van der Waals surface area contributed by atoms with Crippen LogP contribution in [0.1, 0.15) is 16.7 Å². The Labute approximate surface area is 153 Å². The number of rotatable bonds is 5. The second kappa shape index (κ2) is 7.05. The SMILES string of the molecule is Cc1cc(CCO)c(-c2cnc(S(=O)(=O)c3ccccc3)n2C)cc1C. The number of benzene rings is 2. The van der Waals surface area contributed by atoms with E-state index in [0.717, 1.165) is 22.3 Å². The van der Waals surface area contributed by atoms with Gasteiger partial charge in [-0.1, -0.05) is 24.3 Å². The number of nitrogens with zero attached hydrogens (tertiary/aromatic N) is 2. The topological polar surface area (TPSA) is 72.2 Å². The highest BCUT2D eigenvalue weighted by Crippen LogP contribution is 2.30. The predicted octanol–water partition coefficient (Wildman–Crippen LogP) is 3.07. The van der Waals surface area contributed by atoms with E-state index in [0.29, 0.717) is 12.1 Å². The van der Waals surface area contributed by atoms with Crippen molar-refractivity contribution in [1.29, 1.82) is 0 Å². The van der Waals surface area contributed by atoms with Gasteiger partial charge in [0.05, 0.1) is 16.8 Å². The minimum Gasteiger partial charge on any atom is -0.396 e. The van der Waals surface area contributed by atoms with Gasteiger partial charge in [0.2, 0.25) is 15.0 Å². The van der Waals surface area contributed by atoms with Gasteiger partial charge in [-0.15, -0.1) is 0 Å². The number of aromatic nitrogens is 2. The van der Waals surface area contributed by atoms with E-state index in [-0.39, 0.29) is 16.7 Å². The van der Waals surface area contributed by atoms with Crippen LogP contribution in [-0.4, -0.2) is 29.7 Å². The number of hydrogen-bond acceptors (Lipinski definition) is 4. The highest BCUT2D eigenvalue weighted by atomic mass is 32.2. The van der Waals surface area contributed by atoms with Crippen LogP contribution in [0.15, 0.2) is 58.7 Å². The molecular weight excluding hydrogens is 348 g/mol. The largest absolute Gasteiger partial charge is 0.396 e. The van der Waals surface area contributed by atoms with Crippen molar-refractivity contribution in [3.05, 3.63) is 65.4 Å². The predicted molar refractivity (Wildman–Crippen MR) is 101 cm³/mol. The number of imidazole rings is 1. The summed E-state index contributed by atoms with van der Waals surface area (Å²) in [5.74, 6) is 0. The lowest BCUT2D eigenvalue weighted by Crippen LogP contribution is -2.10. The van der Waals surface area contributed by atoms with E-state index in [9.17, 15) is 13.5 Å². The molecule has 2 aromatic carbocycles. The van der Waals surface area contributed by atoms with Crippen molar-refractivity contribution in [3.8, 4) is 11.3 Å². The van der Waals surface area contributed by atoms with Gasteiger partial charge in [-0.25, -0.2) is 13.4 Å². The lowest BCUT2D eigenvalue weighted by atomic mass is 9.96. The van der Waals surface area contributed by atoms with Crippen LogP contribution in [0.3, 0.4) is 0 Å². The summed E-state index contributed by atoms with van der Waals surface area (Å²) in [5.41, 5.74) is 4.83. The maximum absolute atomic E-state index is 12.9. The third kappa shape index (κ3) is 3.18. The minimum absolute atomic E-state index is 0.00637. The van der Waals surface area contributed by atoms with Crippen molar-refractivity contribution in [2.24, 2.45) is 7.05 Å². The number of hydrogen-bond donors (Lipinski definition) is 1. The molecule has 0 atom stereocenters. The molecule has 0 aliphatic heterocycles. The Kier molecular flexibility index (Phi) is 4.98. The Morgan fingerprint density at radius 2 is 1.73 bits per heavy atom. The van der Waals surface area contributed by atoms with Gasteiger partial charge in [-0.2, -0.15) is 0 Å².